The highest BCUT2D eigenvalue weighted by Crippen LogP contribution is 2.27. The summed E-state index contributed by atoms with van der Waals surface area (Å²) in [6.07, 6.45) is 1.37. The van der Waals surface area contributed by atoms with Crippen LogP contribution >= 0.6 is 0 Å². The molecule has 150 valence electrons. The van der Waals surface area contributed by atoms with E-state index >= 15 is 0 Å². The number of hydrogen-bond donors (Lipinski definition) is 2. The lowest BCUT2D eigenvalue weighted by molar-refractivity contribution is 0.0950. The summed E-state index contributed by atoms with van der Waals surface area (Å²) < 4.78 is 37.1. The van der Waals surface area contributed by atoms with Crippen LogP contribution in [0.3, 0.4) is 0 Å². The highest BCUT2D eigenvalue weighted by molar-refractivity contribution is 5.94. The van der Waals surface area contributed by atoms with Gasteiger partial charge >= 0.3 is 0 Å². The standard InChI is InChI=1S/C21H19F2N3O3/c1-28-18-7-3-13(9-19(18)29-2)11-25-21(27)14-4-8-20(24-12-14)26-17-6-5-15(22)10-16(17)23/h3-10,12H,11H2,1-2H3,(H,24,26)(H,25,27). The Bertz CT molecular complexity index is 1010. The van der Waals surface area contributed by atoms with Gasteiger partial charge in [-0.25, -0.2) is 13.8 Å². The molecule has 3 rings (SSSR count). The third-order valence-corrected chi connectivity index (χ3v) is 4.12. The minimum Gasteiger partial charge on any atom is -0.493 e. The second-order valence-corrected chi connectivity index (χ2v) is 6.05. The average Bonchev–Trinajstić information content (AvgIpc) is 2.74. The Balaban J connectivity index is 1.61. The molecule has 0 bridgehead atoms. The lowest BCUT2D eigenvalue weighted by Crippen LogP contribution is -2.23. The zero-order valence-corrected chi connectivity index (χ0v) is 15.8. The van der Waals surface area contributed by atoms with E-state index in [2.05, 4.69) is 15.6 Å². The first-order chi connectivity index (χ1) is 14.0. The molecule has 1 amide bonds. The number of carbonyl (C=O) groups excluding carboxylic acids is 1. The molecule has 1 aromatic heterocycles. The molecule has 0 atom stereocenters. The van der Waals surface area contributed by atoms with Crippen LogP contribution in [0.5, 0.6) is 11.5 Å². The monoisotopic (exact) mass is 399 g/mol. The molecular formula is C21H19F2N3O3. The van der Waals surface area contributed by atoms with Gasteiger partial charge in [-0.05, 0) is 42.0 Å². The number of pyridine rings is 1. The van der Waals surface area contributed by atoms with Crippen LogP contribution in [0.1, 0.15) is 15.9 Å². The summed E-state index contributed by atoms with van der Waals surface area (Å²) in [4.78, 5) is 16.4. The summed E-state index contributed by atoms with van der Waals surface area (Å²) in [6, 6.07) is 11.6. The highest BCUT2D eigenvalue weighted by Gasteiger charge is 2.10. The lowest BCUT2D eigenvalue weighted by atomic mass is 10.2. The van der Waals surface area contributed by atoms with Gasteiger partial charge in [-0.3, -0.25) is 4.79 Å². The van der Waals surface area contributed by atoms with Crippen molar-refractivity contribution in [2.24, 2.45) is 0 Å². The maximum atomic E-state index is 13.7. The summed E-state index contributed by atoms with van der Waals surface area (Å²) in [5.41, 5.74) is 1.27. The Morgan fingerprint density at radius 2 is 1.79 bits per heavy atom. The number of nitrogens with zero attached hydrogens (tertiary/aromatic N) is 1. The number of halogens is 2. The first-order valence-electron chi connectivity index (χ1n) is 8.67. The van der Waals surface area contributed by atoms with Gasteiger partial charge in [-0.2, -0.15) is 0 Å². The van der Waals surface area contributed by atoms with Gasteiger partial charge in [0.2, 0.25) is 0 Å². The molecule has 0 saturated heterocycles. The van der Waals surface area contributed by atoms with Crippen molar-refractivity contribution in [3.8, 4) is 11.5 Å². The second-order valence-electron chi connectivity index (χ2n) is 6.05. The third kappa shape index (κ3) is 4.98. The van der Waals surface area contributed by atoms with Gasteiger partial charge in [0.05, 0.1) is 25.5 Å². The molecule has 2 N–H and O–H groups in total. The van der Waals surface area contributed by atoms with Crippen molar-refractivity contribution in [2.75, 3.05) is 19.5 Å². The summed E-state index contributed by atoms with van der Waals surface area (Å²) in [5.74, 6) is -0.207. The molecule has 8 heteroatoms. The van der Waals surface area contributed by atoms with Crippen molar-refractivity contribution in [3.63, 3.8) is 0 Å². The van der Waals surface area contributed by atoms with Crippen molar-refractivity contribution >= 4 is 17.4 Å². The van der Waals surface area contributed by atoms with Gasteiger partial charge in [-0.1, -0.05) is 6.07 Å². The topological polar surface area (TPSA) is 72.5 Å². The van der Waals surface area contributed by atoms with Gasteiger partial charge < -0.3 is 20.1 Å². The molecule has 1 heterocycles. The number of carbonyl (C=O) groups is 1. The molecule has 0 aliphatic heterocycles. The van der Waals surface area contributed by atoms with Crippen LogP contribution in [0.25, 0.3) is 0 Å². The van der Waals surface area contributed by atoms with Gasteiger partial charge in [0.15, 0.2) is 11.5 Å². The molecule has 0 unspecified atom stereocenters. The smallest absolute Gasteiger partial charge is 0.253 e. The largest absolute Gasteiger partial charge is 0.493 e. The maximum Gasteiger partial charge on any atom is 0.253 e. The van der Waals surface area contributed by atoms with E-state index in [1.165, 1.54) is 18.3 Å². The number of anilines is 2. The van der Waals surface area contributed by atoms with Crippen LogP contribution in [-0.4, -0.2) is 25.1 Å². The zero-order chi connectivity index (χ0) is 20.8. The number of benzene rings is 2. The number of amides is 1. The quantitative estimate of drug-likeness (QED) is 0.627. The van der Waals surface area contributed by atoms with Crippen molar-refractivity contribution in [1.82, 2.24) is 10.3 Å². The molecule has 0 fully saturated rings. The van der Waals surface area contributed by atoms with Crippen LogP contribution in [0.2, 0.25) is 0 Å². The minimum atomic E-state index is -0.733. The van der Waals surface area contributed by atoms with Crippen molar-refractivity contribution in [2.45, 2.75) is 6.54 Å². The second kappa shape index (κ2) is 9.01. The van der Waals surface area contributed by atoms with Gasteiger partial charge in [0.25, 0.3) is 5.91 Å². The average molecular weight is 399 g/mol. The van der Waals surface area contributed by atoms with E-state index in [9.17, 15) is 13.6 Å². The van der Waals surface area contributed by atoms with E-state index in [-0.39, 0.29) is 11.6 Å². The Labute approximate surface area is 166 Å². The third-order valence-electron chi connectivity index (χ3n) is 4.12. The maximum absolute atomic E-state index is 13.7. The van der Waals surface area contributed by atoms with E-state index in [1.807, 2.05) is 6.07 Å². The van der Waals surface area contributed by atoms with Gasteiger partial charge in [-0.15, -0.1) is 0 Å². The SMILES string of the molecule is COc1ccc(CNC(=O)c2ccc(Nc3ccc(F)cc3F)nc2)cc1OC. The van der Waals surface area contributed by atoms with Crippen LogP contribution in [-0.2, 0) is 6.54 Å². The van der Waals surface area contributed by atoms with E-state index < -0.39 is 11.6 Å². The van der Waals surface area contributed by atoms with Crippen molar-refractivity contribution < 1.29 is 23.0 Å². The van der Waals surface area contributed by atoms with Gasteiger partial charge in [0.1, 0.15) is 17.5 Å². The van der Waals surface area contributed by atoms with Crippen LogP contribution in [0, 0.1) is 11.6 Å². The summed E-state index contributed by atoms with van der Waals surface area (Å²) in [6.45, 7) is 0.292. The van der Waals surface area contributed by atoms with Crippen LogP contribution in [0.15, 0.2) is 54.7 Å². The van der Waals surface area contributed by atoms with Gasteiger partial charge in [0, 0.05) is 18.8 Å². The van der Waals surface area contributed by atoms with Crippen LogP contribution in [0.4, 0.5) is 20.3 Å². The summed E-state index contributed by atoms with van der Waals surface area (Å²) in [7, 11) is 3.09. The zero-order valence-electron chi connectivity index (χ0n) is 15.8. The molecular weight excluding hydrogens is 380 g/mol. The normalized spacial score (nSPS) is 10.3. The first kappa shape index (κ1) is 20.1. The number of hydrogen-bond acceptors (Lipinski definition) is 5. The predicted octanol–water partition coefficient (Wildman–Crippen LogP) is 4.05. The lowest BCUT2D eigenvalue weighted by Gasteiger charge is -2.11. The Morgan fingerprint density at radius 3 is 2.45 bits per heavy atom. The van der Waals surface area contributed by atoms with E-state index in [0.717, 1.165) is 17.7 Å². The number of aromatic nitrogens is 1. The fraction of sp³-hybridized carbons (Fsp3) is 0.143. The van der Waals surface area contributed by atoms with E-state index in [1.54, 1.807) is 32.4 Å². The summed E-state index contributed by atoms with van der Waals surface area (Å²) in [5, 5.41) is 5.53. The fourth-order valence-corrected chi connectivity index (χ4v) is 2.61. The number of nitrogens with one attached hydrogen (secondary N) is 2. The van der Waals surface area contributed by atoms with E-state index in [4.69, 9.17) is 9.47 Å². The predicted molar refractivity (Wildman–Crippen MR) is 105 cm³/mol. The molecule has 0 saturated carbocycles. The molecule has 3 aromatic rings. The Morgan fingerprint density at radius 1 is 1.00 bits per heavy atom. The highest BCUT2D eigenvalue weighted by atomic mass is 19.1. The fourth-order valence-electron chi connectivity index (χ4n) is 2.61. The minimum absolute atomic E-state index is 0.0876. The van der Waals surface area contributed by atoms with E-state index in [0.29, 0.717) is 29.4 Å². The number of rotatable bonds is 7. The summed E-state index contributed by atoms with van der Waals surface area (Å²) >= 11 is 0. The van der Waals surface area contributed by atoms with Crippen molar-refractivity contribution in [3.05, 3.63) is 77.5 Å². The molecule has 0 aliphatic carbocycles. The molecule has 6 nitrogen and oxygen atoms in total. The Kier molecular flexibility index (Phi) is 6.23. The number of methoxy groups -OCH3 is 2. The molecule has 0 aliphatic rings. The molecule has 0 radical (unpaired) electrons. The van der Waals surface area contributed by atoms with Crippen molar-refractivity contribution in [1.29, 1.82) is 0 Å². The first-order valence-corrected chi connectivity index (χ1v) is 8.67. The van der Waals surface area contributed by atoms with Crippen LogP contribution < -0.4 is 20.1 Å². The molecule has 2 aromatic carbocycles. The Hall–Kier alpha value is -3.68. The number of ether oxygens (including phenoxy) is 2. The molecule has 0 spiro atoms. The molecule has 29 heavy (non-hydrogen) atoms.